The van der Waals surface area contributed by atoms with Gasteiger partial charge in [0.25, 0.3) is 5.91 Å². The smallest absolute Gasteiger partial charge is 0.254 e. The number of carbonyl (C=O) groups is 1. The number of hydrogen-bond donors (Lipinski definition) is 2. The molecule has 1 aromatic carbocycles. The molecule has 1 saturated heterocycles. The Morgan fingerprint density at radius 3 is 2.67 bits per heavy atom. The minimum Gasteiger partial charge on any atom is -0.496 e. The number of carbonyl (C=O) groups excluding carboxylic acids is 1. The normalized spacial score (nSPS) is 18.0. The van der Waals surface area contributed by atoms with Crippen LogP contribution < -0.4 is 15.4 Å². The highest BCUT2D eigenvalue weighted by atomic mass is 32.2. The summed E-state index contributed by atoms with van der Waals surface area (Å²) in [5.41, 5.74) is 1.38. The van der Waals surface area contributed by atoms with Crippen molar-refractivity contribution in [1.82, 2.24) is 15.3 Å². The molecule has 0 radical (unpaired) electrons. The fourth-order valence-corrected chi connectivity index (χ4v) is 4.61. The van der Waals surface area contributed by atoms with E-state index in [0.717, 1.165) is 17.7 Å². The summed E-state index contributed by atoms with van der Waals surface area (Å²) in [6.07, 6.45) is 4.04. The molecule has 1 aliphatic rings. The van der Waals surface area contributed by atoms with Crippen LogP contribution in [0.15, 0.2) is 36.7 Å². The van der Waals surface area contributed by atoms with Gasteiger partial charge in [0.1, 0.15) is 5.75 Å². The molecule has 8 nitrogen and oxygen atoms in total. The van der Waals surface area contributed by atoms with E-state index < -0.39 is 9.84 Å². The lowest BCUT2D eigenvalue weighted by molar-refractivity contribution is 0.0940. The molecule has 0 saturated carbocycles. The predicted molar refractivity (Wildman–Crippen MR) is 102 cm³/mol. The van der Waals surface area contributed by atoms with Gasteiger partial charge in [0, 0.05) is 25.0 Å². The van der Waals surface area contributed by atoms with Gasteiger partial charge in [0.05, 0.1) is 24.2 Å². The first-order valence-corrected chi connectivity index (χ1v) is 10.5. The van der Waals surface area contributed by atoms with Crippen LogP contribution in [0, 0.1) is 0 Å². The molecule has 0 bridgehead atoms. The van der Waals surface area contributed by atoms with Crippen LogP contribution in [-0.2, 0) is 16.3 Å². The highest BCUT2D eigenvalue weighted by Crippen LogP contribution is 2.17. The van der Waals surface area contributed by atoms with Gasteiger partial charge in [-0.2, -0.15) is 0 Å². The number of para-hydroxylation sites is 1. The van der Waals surface area contributed by atoms with E-state index in [1.165, 1.54) is 12.4 Å². The van der Waals surface area contributed by atoms with Gasteiger partial charge < -0.3 is 15.4 Å². The lowest BCUT2D eigenvalue weighted by atomic mass is 10.1. The minimum atomic E-state index is -3.03. The van der Waals surface area contributed by atoms with Crippen LogP contribution in [0.3, 0.4) is 0 Å². The van der Waals surface area contributed by atoms with Gasteiger partial charge in [-0.1, -0.05) is 18.2 Å². The van der Waals surface area contributed by atoms with Crippen molar-refractivity contribution in [3.8, 4) is 5.75 Å². The zero-order valence-corrected chi connectivity index (χ0v) is 15.8. The first kappa shape index (κ1) is 19.1. The number of rotatable bonds is 7. The Bertz CT molecular complexity index is 900. The molecule has 9 heteroatoms. The molecular weight excluding hydrogens is 368 g/mol. The molecule has 1 atom stereocenters. The maximum absolute atomic E-state index is 12.2. The van der Waals surface area contributed by atoms with Crippen molar-refractivity contribution in [3.63, 3.8) is 0 Å². The quantitative estimate of drug-likeness (QED) is 0.727. The maximum atomic E-state index is 12.2. The summed E-state index contributed by atoms with van der Waals surface area (Å²) in [7, 11) is -1.39. The fraction of sp³-hybridized carbons (Fsp3) is 0.389. The zero-order chi connectivity index (χ0) is 19.3. The molecule has 1 amide bonds. The van der Waals surface area contributed by atoms with Crippen molar-refractivity contribution in [2.45, 2.75) is 18.9 Å². The van der Waals surface area contributed by atoms with Crippen LogP contribution in [0.1, 0.15) is 22.3 Å². The molecule has 2 aromatic rings. The molecule has 144 valence electrons. The fourth-order valence-electron chi connectivity index (χ4n) is 2.93. The Labute approximate surface area is 158 Å². The van der Waals surface area contributed by atoms with Crippen molar-refractivity contribution in [1.29, 1.82) is 0 Å². The maximum Gasteiger partial charge on any atom is 0.254 e. The van der Waals surface area contributed by atoms with Crippen LogP contribution in [0.5, 0.6) is 5.75 Å². The molecule has 2 N–H and O–H groups in total. The lowest BCUT2D eigenvalue weighted by Gasteiger charge is -2.11. The van der Waals surface area contributed by atoms with E-state index >= 15 is 0 Å². The van der Waals surface area contributed by atoms with E-state index in [0.29, 0.717) is 24.5 Å². The first-order valence-electron chi connectivity index (χ1n) is 8.66. The minimum absolute atomic E-state index is 0.0117. The molecule has 1 aromatic heterocycles. The monoisotopic (exact) mass is 390 g/mol. The summed E-state index contributed by atoms with van der Waals surface area (Å²) in [5.74, 6) is 0.995. The third kappa shape index (κ3) is 5.16. The van der Waals surface area contributed by atoms with E-state index in [9.17, 15) is 13.2 Å². The van der Waals surface area contributed by atoms with E-state index in [1.54, 1.807) is 7.11 Å². The highest BCUT2D eigenvalue weighted by Gasteiger charge is 2.29. The van der Waals surface area contributed by atoms with Gasteiger partial charge in [-0.15, -0.1) is 0 Å². The number of aromatic nitrogens is 2. The van der Waals surface area contributed by atoms with E-state index in [1.807, 2.05) is 24.3 Å². The van der Waals surface area contributed by atoms with Gasteiger partial charge in [-0.05, 0) is 24.5 Å². The molecule has 0 aliphatic carbocycles. The SMILES string of the molecule is COc1ccccc1CCNc1ncc(C(=O)NC2CCS(=O)(=O)C2)cn1. The predicted octanol–water partition coefficient (Wildman–Crippen LogP) is 1.06. The molecular formula is C18H22N4O4S. The lowest BCUT2D eigenvalue weighted by Crippen LogP contribution is -2.35. The number of benzene rings is 1. The van der Waals surface area contributed by atoms with E-state index in [4.69, 9.17) is 4.74 Å². The van der Waals surface area contributed by atoms with Crippen LogP contribution in [-0.4, -0.2) is 55.5 Å². The third-order valence-corrected chi connectivity index (χ3v) is 6.12. The second-order valence-corrected chi connectivity index (χ2v) is 8.59. The molecule has 1 fully saturated rings. The Hall–Kier alpha value is -2.68. The van der Waals surface area contributed by atoms with E-state index in [-0.39, 0.29) is 23.5 Å². The number of nitrogens with zero attached hydrogens (tertiary/aromatic N) is 2. The standard InChI is InChI=1S/C18H22N4O4S/c1-26-16-5-3-2-4-13(16)6-8-19-18-20-10-14(11-21-18)17(23)22-15-7-9-27(24,25)12-15/h2-5,10-11,15H,6-9,12H2,1H3,(H,22,23)(H,19,20,21). The number of methoxy groups -OCH3 is 1. The van der Waals surface area contributed by atoms with E-state index in [2.05, 4.69) is 20.6 Å². The van der Waals surface area contributed by atoms with Crippen molar-refractivity contribution >= 4 is 21.7 Å². The van der Waals surface area contributed by atoms with Crippen LogP contribution in [0.25, 0.3) is 0 Å². The number of amides is 1. The summed E-state index contributed by atoms with van der Waals surface area (Å²) in [5, 5.41) is 5.82. The second-order valence-electron chi connectivity index (χ2n) is 6.36. The van der Waals surface area contributed by atoms with Gasteiger partial charge in [-0.3, -0.25) is 4.79 Å². The molecule has 1 aliphatic heterocycles. The number of hydrogen-bond acceptors (Lipinski definition) is 7. The molecule has 27 heavy (non-hydrogen) atoms. The second kappa shape index (κ2) is 8.34. The Morgan fingerprint density at radius 2 is 2.00 bits per heavy atom. The van der Waals surface area contributed by atoms with Gasteiger partial charge in [0.2, 0.25) is 5.95 Å². The topological polar surface area (TPSA) is 110 Å². The number of nitrogens with one attached hydrogen (secondary N) is 2. The van der Waals surface area contributed by atoms with Crippen molar-refractivity contribution in [2.75, 3.05) is 30.5 Å². The summed E-state index contributed by atoms with van der Waals surface area (Å²) in [4.78, 5) is 20.5. The highest BCUT2D eigenvalue weighted by molar-refractivity contribution is 7.91. The first-order chi connectivity index (χ1) is 13.0. The number of ether oxygens (including phenoxy) is 1. The molecule has 0 spiro atoms. The van der Waals surface area contributed by atoms with Crippen LogP contribution in [0.4, 0.5) is 5.95 Å². The van der Waals surface area contributed by atoms with Crippen molar-refractivity contribution in [3.05, 3.63) is 47.8 Å². The van der Waals surface area contributed by atoms with Crippen molar-refractivity contribution in [2.24, 2.45) is 0 Å². The number of sulfone groups is 1. The summed E-state index contributed by atoms with van der Waals surface area (Å²) in [6, 6.07) is 7.44. The van der Waals surface area contributed by atoms with Crippen LogP contribution >= 0.6 is 0 Å². The molecule has 3 rings (SSSR count). The van der Waals surface area contributed by atoms with Gasteiger partial charge >= 0.3 is 0 Å². The van der Waals surface area contributed by atoms with Gasteiger partial charge in [-0.25, -0.2) is 18.4 Å². The Kier molecular flexibility index (Phi) is 5.90. The number of anilines is 1. The average molecular weight is 390 g/mol. The zero-order valence-electron chi connectivity index (χ0n) is 15.0. The largest absolute Gasteiger partial charge is 0.496 e. The molecule has 1 unspecified atom stereocenters. The summed E-state index contributed by atoms with van der Waals surface area (Å²) in [6.45, 7) is 0.617. The summed E-state index contributed by atoms with van der Waals surface area (Å²) >= 11 is 0. The van der Waals surface area contributed by atoms with Gasteiger partial charge in [0.15, 0.2) is 9.84 Å². The third-order valence-electron chi connectivity index (χ3n) is 4.35. The average Bonchev–Trinajstić information content (AvgIpc) is 3.01. The Morgan fingerprint density at radius 1 is 1.26 bits per heavy atom. The summed E-state index contributed by atoms with van der Waals surface area (Å²) < 4.78 is 28.2. The molecule has 2 heterocycles. The Balaban J connectivity index is 1.50. The van der Waals surface area contributed by atoms with Crippen molar-refractivity contribution < 1.29 is 17.9 Å². The van der Waals surface area contributed by atoms with Crippen LogP contribution in [0.2, 0.25) is 0 Å².